The molecule has 0 spiro atoms. The Kier molecular flexibility index (Phi) is 5.67. The van der Waals surface area contributed by atoms with Gasteiger partial charge in [0.15, 0.2) is 0 Å². The summed E-state index contributed by atoms with van der Waals surface area (Å²) >= 11 is 0. The van der Waals surface area contributed by atoms with Gasteiger partial charge in [0.05, 0.1) is 7.11 Å². The lowest BCUT2D eigenvalue weighted by atomic mass is 10.1. The third-order valence-corrected chi connectivity index (χ3v) is 4.33. The van der Waals surface area contributed by atoms with Crippen LogP contribution in [0, 0.1) is 5.82 Å². The van der Waals surface area contributed by atoms with Crippen molar-refractivity contribution in [1.29, 1.82) is 0 Å². The second kappa shape index (κ2) is 8.00. The van der Waals surface area contributed by atoms with Gasteiger partial charge < -0.3 is 19.3 Å². The topological polar surface area (TPSA) is 67.8 Å². The number of hydrogen-bond acceptors (Lipinski definition) is 6. The summed E-state index contributed by atoms with van der Waals surface area (Å²) in [6.07, 6.45) is 3.09. The quantitative estimate of drug-likeness (QED) is 0.803. The minimum absolute atomic E-state index is 0.299. The molecule has 1 aromatic heterocycles. The number of nitrogens with zero attached hydrogens (tertiary/aromatic N) is 4. The van der Waals surface area contributed by atoms with E-state index in [-0.39, 0.29) is 11.9 Å². The number of carbonyl (C=O) groups excluding carboxylic acids is 1. The Labute approximate surface area is 164 Å². The van der Waals surface area contributed by atoms with Gasteiger partial charge in [0.2, 0.25) is 5.95 Å². The van der Waals surface area contributed by atoms with Crippen molar-refractivity contribution < 1.29 is 18.7 Å². The van der Waals surface area contributed by atoms with E-state index in [9.17, 15) is 9.18 Å². The van der Waals surface area contributed by atoms with E-state index in [1.807, 2.05) is 25.7 Å². The maximum atomic E-state index is 13.4. The van der Waals surface area contributed by atoms with Crippen LogP contribution in [0.15, 0.2) is 30.6 Å². The first-order valence-corrected chi connectivity index (χ1v) is 9.15. The number of halogens is 1. The molecule has 0 aliphatic carbocycles. The van der Waals surface area contributed by atoms with Crippen LogP contribution in [0.2, 0.25) is 0 Å². The molecular formula is C20H25FN4O3. The fraction of sp³-hybridized carbons (Fsp3) is 0.450. The van der Waals surface area contributed by atoms with Crippen molar-refractivity contribution in [2.45, 2.75) is 26.4 Å². The Hall–Kier alpha value is -2.90. The van der Waals surface area contributed by atoms with Gasteiger partial charge in [-0.05, 0) is 32.9 Å². The summed E-state index contributed by atoms with van der Waals surface area (Å²) < 4.78 is 24.0. The summed E-state index contributed by atoms with van der Waals surface area (Å²) in [4.78, 5) is 24.7. The molecule has 1 amide bonds. The highest BCUT2D eigenvalue weighted by molar-refractivity contribution is 5.70. The zero-order valence-electron chi connectivity index (χ0n) is 16.6. The zero-order valence-corrected chi connectivity index (χ0v) is 16.6. The SMILES string of the molecule is COc1cc(F)ccc1-c1cnc(N2CCN(C(=O)OC(C)(C)C)CC2)nc1. The molecule has 1 aromatic carbocycles. The van der Waals surface area contributed by atoms with Crippen molar-refractivity contribution in [3.8, 4) is 16.9 Å². The van der Waals surface area contributed by atoms with E-state index in [1.54, 1.807) is 23.4 Å². The molecule has 1 saturated heterocycles. The average molecular weight is 388 g/mol. The highest BCUT2D eigenvalue weighted by Gasteiger charge is 2.26. The predicted octanol–water partition coefficient (Wildman–Crippen LogP) is 3.35. The molecular weight excluding hydrogens is 363 g/mol. The molecule has 0 saturated carbocycles. The number of ether oxygens (including phenoxy) is 2. The van der Waals surface area contributed by atoms with Crippen LogP contribution in [0.1, 0.15) is 20.8 Å². The molecule has 8 heteroatoms. The van der Waals surface area contributed by atoms with Crippen molar-refractivity contribution in [1.82, 2.24) is 14.9 Å². The van der Waals surface area contributed by atoms with E-state index in [1.165, 1.54) is 19.2 Å². The van der Waals surface area contributed by atoms with Gasteiger partial charge in [0.25, 0.3) is 0 Å². The first-order chi connectivity index (χ1) is 13.3. The lowest BCUT2D eigenvalue weighted by molar-refractivity contribution is 0.0240. The minimum Gasteiger partial charge on any atom is -0.496 e. The van der Waals surface area contributed by atoms with E-state index in [0.717, 1.165) is 11.1 Å². The van der Waals surface area contributed by atoms with Crippen molar-refractivity contribution in [2.75, 3.05) is 38.2 Å². The highest BCUT2D eigenvalue weighted by Crippen LogP contribution is 2.30. The molecule has 3 rings (SSSR count). The van der Waals surface area contributed by atoms with Gasteiger partial charge >= 0.3 is 6.09 Å². The molecule has 1 aliphatic rings. The monoisotopic (exact) mass is 388 g/mol. The lowest BCUT2D eigenvalue weighted by Crippen LogP contribution is -2.50. The number of anilines is 1. The standard InChI is InChI=1S/C20H25FN4O3/c1-20(2,3)28-19(26)25-9-7-24(8-10-25)18-22-12-14(13-23-18)16-6-5-15(21)11-17(16)27-4/h5-6,11-13H,7-10H2,1-4H3. The fourth-order valence-corrected chi connectivity index (χ4v) is 2.94. The molecule has 150 valence electrons. The van der Waals surface area contributed by atoms with Crippen molar-refractivity contribution in [3.05, 3.63) is 36.4 Å². The number of aromatic nitrogens is 2. The van der Waals surface area contributed by atoms with Crippen LogP contribution in [-0.4, -0.2) is 59.9 Å². The lowest BCUT2D eigenvalue weighted by Gasteiger charge is -2.35. The fourth-order valence-electron chi connectivity index (χ4n) is 2.94. The van der Waals surface area contributed by atoms with Gasteiger partial charge in [0.1, 0.15) is 17.2 Å². The van der Waals surface area contributed by atoms with E-state index in [2.05, 4.69) is 9.97 Å². The van der Waals surface area contributed by atoms with Crippen LogP contribution in [-0.2, 0) is 4.74 Å². The molecule has 1 aliphatic heterocycles. The molecule has 0 bridgehead atoms. The Bertz CT molecular complexity index is 828. The summed E-state index contributed by atoms with van der Waals surface area (Å²) in [5.74, 6) is 0.664. The summed E-state index contributed by atoms with van der Waals surface area (Å²) in [7, 11) is 1.50. The summed E-state index contributed by atoms with van der Waals surface area (Å²) in [5, 5.41) is 0. The van der Waals surface area contributed by atoms with Crippen LogP contribution in [0.4, 0.5) is 15.1 Å². The molecule has 1 fully saturated rings. The second-order valence-corrected chi connectivity index (χ2v) is 7.57. The van der Waals surface area contributed by atoms with Gasteiger partial charge in [-0.3, -0.25) is 0 Å². The number of carbonyl (C=O) groups is 1. The molecule has 0 unspecified atom stereocenters. The van der Waals surface area contributed by atoms with Crippen LogP contribution in [0.25, 0.3) is 11.1 Å². The third kappa shape index (κ3) is 4.68. The Morgan fingerprint density at radius 1 is 1.11 bits per heavy atom. The average Bonchev–Trinajstić information content (AvgIpc) is 2.67. The first-order valence-electron chi connectivity index (χ1n) is 9.15. The highest BCUT2D eigenvalue weighted by atomic mass is 19.1. The third-order valence-electron chi connectivity index (χ3n) is 4.33. The smallest absolute Gasteiger partial charge is 0.410 e. The van der Waals surface area contributed by atoms with Crippen LogP contribution in [0.5, 0.6) is 5.75 Å². The minimum atomic E-state index is -0.505. The van der Waals surface area contributed by atoms with E-state index < -0.39 is 5.60 Å². The Balaban J connectivity index is 1.65. The van der Waals surface area contributed by atoms with E-state index in [4.69, 9.17) is 9.47 Å². The summed E-state index contributed by atoms with van der Waals surface area (Å²) in [5.41, 5.74) is 0.965. The summed E-state index contributed by atoms with van der Waals surface area (Å²) in [6.45, 7) is 7.90. The van der Waals surface area contributed by atoms with Crippen LogP contribution < -0.4 is 9.64 Å². The number of methoxy groups -OCH3 is 1. The van der Waals surface area contributed by atoms with E-state index in [0.29, 0.717) is 37.9 Å². The number of hydrogen-bond donors (Lipinski definition) is 0. The van der Waals surface area contributed by atoms with Crippen LogP contribution in [0.3, 0.4) is 0 Å². The number of piperazine rings is 1. The first kappa shape index (κ1) is 19.9. The Morgan fingerprint density at radius 2 is 1.75 bits per heavy atom. The summed E-state index contributed by atoms with van der Waals surface area (Å²) in [6, 6.07) is 4.35. The molecule has 7 nitrogen and oxygen atoms in total. The molecule has 0 N–H and O–H groups in total. The van der Waals surface area contributed by atoms with Crippen LogP contribution >= 0.6 is 0 Å². The maximum Gasteiger partial charge on any atom is 0.410 e. The normalized spacial score (nSPS) is 14.8. The number of benzene rings is 1. The van der Waals surface area contributed by atoms with Crippen molar-refractivity contribution in [2.24, 2.45) is 0 Å². The zero-order chi connectivity index (χ0) is 20.3. The predicted molar refractivity (Wildman–Crippen MR) is 104 cm³/mol. The van der Waals surface area contributed by atoms with Crippen molar-refractivity contribution in [3.63, 3.8) is 0 Å². The molecule has 2 heterocycles. The van der Waals surface area contributed by atoms with E-state index >= 15 is 0 Å². The Morgan fingerprint density at radius 3 is 2.32 bits per heavy atom. The molecule has 28 heavy (non-hydrogen) atoms. The number of rotatable bonds is 3. The molecule has 0 atom stereocenters. The van der Waals surface area contributed by atoms with Gasteiger partial charge in [-0.2, -0.15) is 0 Å². The van der Waals surface area contributed by atoms with Crippen molar-refractivity contribution >= 4 is 12.0 Å². The molecule has 2 aromatic rings. The largest absolute Gasteiger partial charge is 0.496 e. The van der Waals surface area contributed by atoms with Gasteiger partial charge in [-0.25, -0.2) is 19.2 Å². The maximum absolute atomic E-state index is 13.4. The number of amides is 1. The molecule has 0 radical (unpaired) electrons. The van der Waals surface area contributed by atoms with Gasteiger partial charge in [-0.1, -0.05) is 0 Å². The second-order valence-electron chi connectivity index (χ2n) is 7.57. The van der Waals surface area contributed by atoms with Gasteiger partial charge in [0, 0.05) is 55.8 Å². The van der Waals surface area contributed by atoms with Gasteiger partial charge in [-0.15, -0.1) is 0 Å².